The van der Waals surface area contributed by atoms with Gasteiger partial charge in [0, 0.05) is 22.2 Å². The molecule has 0 bridgehead atoms. The van der Waals surface area contributed by atoms with Crippen LogP contribution in [0.1, 0.15) is 136 Å². The van der Waals surface area contributed by atoms with Crippen LogP contribution in [0.5, 0.6) is 0 Å². The van der Waals surface area contributed by atoms with E-state index in [9.17, 15) is 9.59 Å². The molecular formula is C30H60N2O4. The van der Waals surface area contributed by atoms with E-state index in [1.807, 2.05) is 13.8 Å². The van der Waals surface area contributed by atoms with E-state index in [2.05, 4.69) is 107 Å². The number of nitrogens with zero attached hydrogens (tertiary/aromatic N) is 2. The molecule has 214 valence electrons. The lowest BCUT2D eigenvalue weighted by Gasteiger charge is -2.65. The first-order valence-corrected chi connectivity index (χ1v) is 13.9. The van der Waals surface area contributed by atoms with Crippen molar-refractivity contribution in [2.45, 2.75) is 170 Å². The van der Waals surface area contributed by atoms with Crippen molar-refractivity contribution in [1.29, 1.82) is 0 Å². The van der Waals surface area contributed by atoms with Crippen LogP contribution >= 0.6 is 0 Å². The zero-order valence-corrected chi connectivity index (χ0v) is 26.8. The Morgan fingerprint density at radius 1 is 0.500 bits per heavy atom. The topological polar surface area (TPSA) is 59.1 Å². The summed E-state index contributed by atoms with van der Waals surface area (Å²) in [6.45, 7) is 33.7. The Morgan fingerprint density at radius 3 is 0.889 bits per heavy atom. The Labute approximate surface area is 223 Å². The fraction of sp³-hybridized carbons (Fsp3) is 0.933. The molecule has 0 aromatic heterocycles. The Bertz CT molecular complexity index is 631. The second kappa shape index (κ2) is 12.1. The quantitative estimate of drug-likeness (QED) is 0.220. The third kappa shape index (κ3) is 7.69. The summed E-state index contributed by atoms with van der Waals surface area (Å²) in [6, 6.07) is 0. The molecule has 0 aromatic carbocycles. The third-order valence-corrected chi connectivity index (χ3v) is 6.78. The fourth-order valence-electron chi connectivity index (χ4n) is 6.61. The maximum Gasteiger partial charge on any atom is 0.328 e. The average Bonchev–Trinajstić information content (AvgIpc) is 2.63. The highest BCUT2D eigenvalue weighted by molar-refractivity contribution is 5.94. The number of unbranched alkanes of at least 4 members (excludes halogenated alkanes) is 2. The lowest BCUT2D eigenvalue weighted by Crippen LogP contribution is -2.83. The molecule has 0 saturated carbocycles. The molecule has 0 fully saturated rings. The average molecular weight is 513 g/mol. The molecule has 0 heterocycles. The smallest absolute Gasteiger partial charge is 0.328 e. The lowest BCUT2D eigenvalue weighted by molar-refractivity contribution is -0.216. The van der Waals surface area contributed by atoms with Crippen molar-refractivity contribution in [1.82, 2.24) is 9.80 Å². The minimum atomic E-state index is -1.37. The van der Waals surface area contributed by atoms with Crippen LogP contribution in [0.3, 0.4) is 0 Å². The van der Waals surface area contributed by atoms with E-state index in [1.165, 1.54) is 0 Å². The highest BCUT2D eigenvalue weighted by Crippen LogP contribution is 2.48. The summed E-state index contributed by atoms with van der Waals surface area (Å²) >= 11 is 0. The molecule has 0 spiro atoms. The van der Waals surface area contributed by atoms with E-state index in [4.69, 9.17) is 9.47 Å². The largest absolute Gasteiger partial charge is 0.464 e. The van der Waals surface area contributed by atoms with Crippen molar-refractivity contribution < 1.29 is 19.1 Å². The zero-order chi connectivity index (χ0) is 29.0. The number of esters is 2. The van der Waals surface area contributed by atoms with E-state index < -0.39 is 45.2 Å². The second-order valence-electron chi connectivity index (χ2n) is 14.5. The molecular weight excluding hydrogens is 452 g/mol. The van der Waals surface area contributed by atoms with Gasteiger partial charge < -0.3 is 9.47 Å². The van der Waals surface area contributed by atoms with Crippen LogP contribution < -0.4 is 0 Å². The van der Waals surface area contributed by atoms with Gasteiger partial charge in [0.25, 0.3) is 0 Å². The SMILES string of the molecule is CCCCOC(=O)C(C)(N(C(C)(C)C)C(C)(C)C)C(C)(C(=O)OCCCC)N(C(C)(C)C)C(C)(C)C. The number of rotatable bonds is 11. The summed E-state index contributed by atoms with van der Waals surface area (Å²) in [7, 11) is 0. The Morgan fingerprint density at radius 2 is 0.722 bits per heavy atom. The van der Waals surface area contributed by atoms with E-state index in [1.54, 1.807) is 0 Å². The third-order valence-electron chi connectivity index (χ3n) is 6.78. The van der Waals surface area contributed by atoms with E-state index in [0.717, 1.165) is 25.7 Å². The first-order chi connectivity index (χ1) is 15.9. The molecule has 6 heteroatoms. The second-order valence-corrected chi connectivity index (χ2v) is 14.5. The van der Waals surface area contributed by atoms with E-state index in [-0.39, 0.29) is 0 Å². The highest BCUT2D eigenvalue weighted by atomic mass is 16.5. The Hall–Kier alpha value is -1.14. The van der Waals surface area contributed by atoms with E-state index >= 15 is 0 Å². The molecule has 0 saturated heterocycles. The molecule has 0 radical (unpaired) electrons. The number of ether oxygens (including phenoxy) is 2. The molecule has 0 aliphatic heterocycles. The van der Waals surface area contributed by atoms with Gasteiger partial charge in [0.05, 0.1) is 13.2 Å². The number of hydrogen-bond acceptors (Lipinski definition) is 6. The van der Waals surface area contributed by atoms with Gasteiger partial charge >= 0.3 is 11.9 Å². The van der Waals surface area contributed by atoms with Crippen LogP contribution in [-0.2, 0) is 19.1 Å². The predicted octanol–water partition coefficient (Wildman–Crippen LogP) is 6.99. The minimum absolute atomic E-state index is 0.318. The normalized spacial score (nSPS) is 17.1. The summed E-state index contributed by atoms with van der Waals surface area (Å²) in [5.41, 5.74) is -4.62. The molecule has 0 N–H and O–H groups in total. The molecule has 0 aliphatic rings. The lowest BCUT2D eigenvalue weighted by atomic mass is 9.68. The van der Waals surface area contributed by atoms with Gasteiger partial charge in [-0.15, -0.1) is 0 Å². The molecule has 0 aromatic rings. The molecule has 0 amide bonds. The van der Waals surface area contributed by atoms with Crippen molar-refractivity contribution in [3.05, 3.63) is 0 Å². The number of hydrogen-bond donors (Lipinski definition) is 0. The van der Waals surface area contributed by atoms with Crippen LogP contribution in [0, 0.1) is 0 Å². The fourth-order valence-corrected chi connectivity index (χ4v) is 6.61. The van der Waals surface area contributed by atoms with Crippen molar-refractivity contribution in [2.75, 3.05) is 13.2 Å². The number of carbonyl (C=O) groups excluding carboxylic acids is 2. The summed E-state index contributed by atoms with van der Waals surface area (Å²) in [5.74, 6) is -0.788. The summed E-state index contributed by atoms with van der Waals surface area (Å²) in [6.07, 6.45) is 3.37. The highest BCUT2D eigenvalue weighted by Gasteiger charge is 2.69. The van der Waals surface area contributed by atoms with Crippen LogP contribution in [-0.4, -0.2) is 68.2 Å². The van der Waals surface area contributed by atoms with Gasteiger partial charge in [0.1, 0.15) is 11.1 Å². The van der Waals surface area contributed by atoms with Crippen molar-refractivity contribution in [3.8, 4) is 0 Å². The van der Waals surface area contributed by atoms with Gasteiger partial charge in [-0.25, -0.2) is 9.59 Å². The molecule has 36 heavy (non-hydrogen) atoms. The monoisotopic (exact) mass is 512 g/mol. The Balaban J connectivity index is 7.73. The molecule has 0 aliphatic carbocycles. The Kier molecular flexibility index (Phi) is 11.8. The summed E-state index contributed by atoms with van der Waals surface area (Å²) in [5, 5.41) is 0. The van der Waals surface area contributed by atoms with Gasteiger partial charge in [-0.2, -0.15) is 0 Å². The van der Waals surface area contributed by atoms with Gasteiger partial charge in [0.2, 0.25) is 0 Å². The molecule has 6 nitrogen and oxygen atoms in total. The first-order valence-electron chi connectivity index (χ1n) is 13.9. The van der Waals surface area contributed by atoms with Gasteiger partial charge in [0.15, 0.2) is 0 Å². The van der Waals surface area contributed by atoms with Gasteiger partial charge in [-0.05, 0) is 110 Å². The van der Waals surface area contributed by atoms with Crippen LogP contribution in [0.4, 0.5) is 0 Å². The van der Waals surface area contributed by atoms with Crippen LogP contribution in [0.2, 0.25) is 0 Å². The number of carbonyl (C=O) groups is 2. The van der Waals surface area contributed by atoms with Crippen molar-refractivity contribution >= 4 is 11.9 Å². The molecule has 2 atom stereocenters. The van der Waals surface area contributed by atoms with Crippen LogP contribution in [0.15, 0.2) is 0 Å². The minimum Gasteiger partial charge on any atom is -0.464 e. The van der Waals surface area contributed by atoms with Crippen molar-refractivity contribution in [2.24, 2.45) is 0 Å². The molecule has 2 unspecified atom stereocenters. The summed E-state index contributed by atoms with van der Waals surface area (Å²) < 4.78 is 12.0. The zero-order valence-electron chi connectivity index (χ0n) is 26.8. The summed E-state index contributed by atoms with van der Waals surface area (Å²) in [4.78, 5) is 33.2. The van der Waals surface area contributed by atoms with E-state index in [0.29, 0.717) is 13.2 Å². The molecule has 0 rings (SSSR count). The van der Waals surface area contributed by atoms with Gasteiger partial charge in [-0.1, -0.05) is 26.7 Å². The van der Waals surface area contributed by atoms with Crippen molar-refractivity contribution in [3.63, 3.8) is 0 Å². The predicted molar refractivity (Wildman–Crippen MR) is 151 cm³/mol. The van der Waals surface area contributed by atoms with Crippen LogP contribution in [0.25, 0.3) is 0 Å². The first kappa shape index (κ1) is 34.9. The maximum absolute atomic E-state index is 14.4. The van der Waals surface area contributed by atoms with Gasteiger partial charge in [-0.3, -0.25) is 9.80 Å². The standard InChI is InChI=1S/C30H60N2O4/c1-17-19-21-35-23(33)29(15,31(25(3,4)5)26(6,7)8)30(16,24(34)36-22-20-18-2)32(27(9,10)11)28(12,13)14/h17-22H2,1-16H3. The maximum atomic E-state index is 14.4.